The van der Waals surface area contributed by atoms with Crippen LogP contribution in [0.25, 0.3) is 0 Å². The molecule has 2 aliphatic rings. The quantitative estimate of drug-likeness (QED) is 0.818. The molecular weight excluding hydrogens is 262 g/mol. The molecule has 0 saturated carbocycles. The van der Waals surface area contributed by atoms with Crippen LogP contribution in [0.4, 0.5) is 5.69 Å². The minimum Gasteiger partial charge on any atom is -0.497 e. The summed E-state index contributed by atoms with van der Waals surface area (Å²) >= 11 is 0. The van der Waals surface area contributed by atoms with E-state index in [1.807, 2.05) is 0 Å². The number of β-lactam (4-membered cyclic amide) rings is 1. The van der Waals surface area contributed by atoms with Gasteiger partial charge in [0, 0.05) is 12.8 Å². The van der Waals surface area contributed by atoms with Gasteiger partial charge in [-0.05, 0) is 31.2 Å². The molecule has 1 aromatic rings. The number of anilines is 1. The molecule has 0 bridgehead atoms. The first-order valence-electron chi connectivity index (χ1n) is 6.39. The lowest BCUT2D eigenvalue weighted by Gasteiger charge is -2.43. The molecule has 1 aromatic carbocycles. The molecule has 1 amide bonds. The molecular formula is C14H17NO5. The second kappa shape index (κ2) is 4.44. The van der Waals surface area contributed by atoms with Crippen LogP contribution in [0.3, 0.4) is 0 Å². The Morgan fingerprint density at radius 2 is 1.95 bits per heavy atom. The normalized spacial score (nSPS) is 35.7. The van der Waals surface area contributed by atoms with Gasteiger partial charge in [-0.25, -0.2) is 0 Å². The SMILES string of the molecule is COc1ccc(N2C(=O)[C@H]3O[C@@](C)(O)[C@@H](OC)[C@H]32)cc1. The molecule has 2 aliphatic heterocycles. The van der Waals surface area contributed by atoms with Crippen molar-refractivity contribution in [1.29, 1.82) is 0 Å². The summed E-state index contributed by atoms with van der Waals surface area (Å²) in [5, 5.41) is 10.2. The number of methoxy groups -OCH3 is 2. The van der Waals surface area contributed by atoms with E-state index in [2.05, 4.69) is 0 Å². The van der Waals surface area contributed by atoms with E-state index in [4.69, 9.17) is 14.2 Å². The molecule has 0 unspecified atom stereocenters. The van der Waals surface area contributed by atoms with Crippen molar-refractivity contribution >= 4 is 11.6 Å². The highest BCUT2D eigenvalue weighted by molar-refractivity contribution is 6.05. The van der Waals surface area contributed by atoms with E-state index in [1.54, 1.807) is 36.3 Å². The second-order valence-electron chi connectivity index (χ2n) is 5.15. The summed E-state index contributed by atoms with van der Waals surface area (Å²) in [6.45, 7) is 1.51. The third-order valence-electron chi connectivity index (χ3n) is 3.90. The summed E-state index contributed by atoms with van der Waals surface area (Å²) in [5.74, 6) is -0.905. The molecule has 2 heterocycles. The maximum absolute atomic E-state index is 12.2. The highest BCUT2D eigenvalue weighted by Crippen LogP contribution is 2.43. The number of nitrogens with zero attached hydrogens (tertiary/aromatic N) is 1. The van der Waals surface area contributed by atoms with Gasteiger partial charge in [-0.3, -0.25) is 4.79 Å². The van der Waals surface area contributed by atoms with Crippen molar-refractivity contribution in [2.75, 3.05) is 19.1 Å². The lowest BCUT2D eigenvalue weighted by molar-refractivity contribution is -0.217. The van der Waals surface area contributed by atoms with Gasteiger partial charge in [0.1, 0.15) is 17.9 Å². The maximum Gasteiger partial charge on any atom is 0.258 e. The van der Waals surface area contributed by atoms with Crippen molar-refractivity contribution in [2.24, 2.45) is 0 Å². The smallest absolute Gasteiger partial charge is 0.258 e. The van der Waals surface area contributed by atoms with E-state index in [1.165, 1.54) is 14.0 Å². The lowest BCUT2D eigenvalue weighted by atomic mass is 9.92. The molecule has 2 fully saturated rings. The Labute approximate surface area is 116 Å². The Morgan fingerprint density at radius 3 is 2.50 bits per heavy atom. The molecule has 1 N–H and O–H groups in total. The van der Waals surface area contributed by atoms with Crippen LogP contribution in [-0.4, -0.2) is 49.3 Å². The first-order chi connectivity index (χ1) is 9.49. The fraction of sp³-hybridized carbons (Fsp3) is 0.500. The summed E-state index contributed by atoms with van der Waals surface area (Å²) in [5.41, 5.74) is 0.736. The van der Waals surface area contributed by atoms with Crippen LogP contribution < -0.4 is 9.64 Å². The first-order valence-corrected chi connectivity index (χ1v) is 6.39. The Morgan fingerprint density at radius 1 is 1.30 bits per heavy atom. The van der Waals surface area contributed by atoms with Crippen molar-refractivity contribution in [3.05, 3.63) is 24.3 Å². The van der Waals surface area contributed by atoms with Gasteiger partial charge in [-0.1, -0.05) is 0 Å². The average molecular weight is 279 g/mol. The van der Waals surface area contributed by atoms with Crippen molar-refractivity contribution in [3.63, 3.8) is 0 Å². The van der Waals surface area contributed by atoms with E-state index in [-0.39, 0.29) is 11.9 Å². The van der Waals surface area contributed by atoms with E-state index < -0.39 is 18.0 Å². The van der Waals surface area contributed by atoms with E-state index in [9.17, 15) is 9.90 Å². The van der Waals surface area contributed by atoms with Gasteiger partial charge in [0.15, 0.2) is 11.9 Å². The Hall–Kier alpha value is -1.63. The zero-order valence-electron chi connectivity index (χ0n) is 11.6. The van der Waals surface area contributed by atoms with Crippen LogP contribution >= 0.6 is 0 Å². The standard InChI is InChI=1S/C14H17NO5/c1-14(17)12(19-3)10-11(20-14)13(16)15(10)8-4-6-9(18-2)7-5-8/h4-7,10-12,17H,1-3H3/t10-,11-,12-,14+/m0/s1. The fourth-order valence-corrected chi connectivity index (χ4v) is 2.94. The first kappa shape index (κ1) is 13.4. The number of benzene rings is 1. The zero-order valence-corrected chi connectivity index (χ0v) is 11.6. The van der Waals surface area contributed by atoms with Crippen LogP contribution in [-0.2, 0) is 14.3 Å². The lowest BCUT2D eigenvalue weighted by Crippen LogP contribution is -2.67. The van der Waals surface area contributed by atoms with Crippen LogP contribution in [0.5, 0.6) is 5.75 Å². The predicted octanol–water partition coefficient (Wildman–Crippen LogP) is 0.533. The number of fused-ring (bicyclic) bond motifs is 1. The van der Waals surface area contributed by atoms with Gasteiger partial charge in [-0.2, -0.15) is 0 Å². The van der Waals surface area contributed by atoms with Crippen molar-refractivity contribution in [1.82, 2.24) is 0 Å². The molecule has 20 heavy (non-hydrogen) atoms. The van der Waals surface area contributed by atoms with Gasteiger partial charge >= 0.3 is 0 Å². The summed E-state index contributed by atoms with van der Waals surface area (Å²) in [4.78, 5) is 13.7. The van der Waals surface area contributed by atoms with Crippen molar-refractivity contribution in [3.8, 4) is 5.75 Å². The van der Waals surface area contributed by atoms with Crippen LogP contribution in [0.2, 0.25) is 0 Å². The molecule has 3 rings (SSSR count). The van der Waals surface area contributed by atoms with E-state index in [0.29, 0.717) is 0 Å². The molecule has 4 atom stereocenters. The van der Waals surface area contributed by atoms with Gasteiger partial charge in [-0.15, -0.1) is 0 Å². The molecule has 0 spiro atoms. The Bertz CT molecular complexity index is 527. The predicted molar refractivity (Wildman–Crippen MR) is 70.6 cm³/mol. The second-order valence-corrected chi connectivity index (χ2v) is 5.15. The topological polar surface area (TPSA) is 68.2 Å². The Kier molecular flexibility index (Phi) is 2.97. The van der Waals surface area contributed by atoms with Gasteiger partial charge in [0.2, 0.25) is 0 Å². The number of carbonyl (C=O) groups is 1. The number of aliphatic hydroxyl groups is 1. The molecule has 0 aromatic heterocycles. The highest BCUT2D eigenvalue weighted by Gasteiger charge is 2.65. The number of amides is 1. The molecule has 2 saturated heterocycles. The minimum atomic E-state index is -1.46. The van der Waals surface area contributed by atoms with Crippen LogP contribution in [0, 0.1) is 0 Å². The fourth-order valence-electron chi connectivity index (χ4n) is 2.94. The largest absolute Gasteiger partial charge is 0.497 e. The van der Waals surface area contributed by atoms with Gasteiger partial charge < -0.3 is 24.2 Å². The Balaban J connectivity index is 1.89. The molecule has 6 heteroatoms. The van der Waals surface area contributed by atoms with Crippen LogP contribution in [0.15, 0.2) is 24.3 Å². The number of hydrogen-bond donors (Lipinski definition) is 1. The number of ether oxygens (including phenoxy) is 3. The van der Waals surface area contributed by atoms with Gasteiger partial charge in [0.25, 0.3) is 5.91 Å². The highest BCUT2D eigenvalue weighted by atomic mass is 16.7. The molecule has 6 nitrogen and oxygen atoms in total. The number of rotatable bonds is 3. The minimum absolute atomic E-state index is 0.167. The maximum atomic E-state index is 12.2. The monoisotopic (exact) mass is 279 g/mol. The summed E-state index contributed by atoms with van der Waals surface area (Å²) < 4.78 is 15.8. The average Bonchev–Trinajstić information content (AvgIpc) is 2.68. The van der Waals surface area contributed by atoms with Crippen molar-refractivity contribution in [2.45, 2.75) is 31.0 Å². The summed E-state index contributed by atoms with van der Waals surface area (Å²) in [6.07, 6.45) is -1.22. The molecule has 0 radical (unpaired) electrons. The zero-order chi connectivity index (χ0) is 14.5. The number of hydrogen-bond acceptors (Lipinski definition) is 5. The third kappa shape index (κ3) is 1.72. The van der Waals surface area contributed by atoms with Gasteiger partial charge in [0.05, 0.1) is 7.11 Å². The molecule has 108 valence electrons. The third-order valence-corrected chi connectivity index (χ3v) is 3.90. The van der Waals surface area contributed by atoms with E-state index in [0.717, 1.165) is 11.4 Å². The van der Waals surface area contributed by atoms with Crippen LogP contribution in [0.1, 0.15) is 6.92 Å². The number of carbonyl (C=O) groups excluding carboxylic acids is 1. The van der Waals surface area contributed by atoms with E-state index >= 15 is 0 Å². The summed E-state index contributed by atoms with van der Waals surface area (Å²) in [7, 11) is 3.09. The summed E-state index contributed by atoms with van der Waals surface area (Å²) in [6, 6.07) is 6.85. The van der Waals surface area contributed by atoms with Crippen molar-refractivity contribution < 1.29 is 24.1 Å². The molecule has 0 aliphatic carbocycles.